The number of amides is 1. The Balaban J connectivity index is 1.69. The fourth-order valence-electron chi connectivity index (χ4n) is 4.42. The predicted molar refractivity (Wildman–Crippen MR) is 101 cm³/mol. The third kappa shape index (κ3) is 4.27. The summed E-state index contributed by atoms with van der Waals surface area (Å²) >= 11 is 0. The van der Waals surface area contributed by atoms with E-state index in [0.29, 0.717) is 17.4 Å². The lowest BCUT2D eigenvalue weighted by Crippen LogP contribution is -2.53. The second-order valence-electron chi connectivity index (χ2n) is 7.98. The van der Waals surface area contributed by atoms with Gasteiger partial charge in [0.2, 0.25) is 10.0 Å². The molecule has 0 heterocycles. The van der Waals surface area contributed by atoms with E-state index in [2.05, 4.69) is 10.0 Å². The highest BCUT2D eigenvalue weighted by molar-refractivity contribution is 7.89. The summed E-state index contributed by atoms with van der Waals surface area (Å²) in [5, 5.41) is 3.19. The average Bonchev–Trinajstić information content (AvgIpc) is 2.54. The molecule has 26 heavy (non-hydrogen) atoms. The van der Waals surface area contributed by atoms with Crippen LogP contribution in [-0.4, -0.2) is 32.5 Å². The first-order chi connectivity index (χ1) is 12.3. The Kier molecular flexibility index (Phi) is 5.69. The Labute approximate surface area is 156 Å². The Morgan fingerprint density at radius 1 is 1.12 bits per heavy atom. The number of carbonyl (C=O) groups is 1. The summed E-state index contributed by atoms with van der Waals surface area (Å²) < 4.78 is 26.9. The molecule has 144 valence electrons. The molecular weight excluding hydrogens is 350 g/mol. The van der Waals surface area contributed by atoms with Gasteiger partial charge in [0.25, 0.3) is 5.91 Å². The minimum Gasteiger partial charge on any atom is -0.349 e. The average molecular weight is 380 g/mol. The predicted octanol–water partition coefficient (Wildman–Crippen LogP) is 2.01. The minimum absolute atomic E-state index is 0.136. The van der Waals surface area contributed by atoms with Crippen LogP contribution in [-0.2, 0) is 10.0 Å². The van der Waals surface area contributed by atoms with Gasteiger partial charge >= 0.3 is 0 Å². The summed E-state index contributed by atoms with van der Waals surface area (Å²) in [5.41, 5.74) is 6.63. The van der Waals surface area contributed by atoms with Gasteiger partial charge in [-0.2, -0.15) is 0 Å². The van der Waals surface area contributed by atoms with Crippen LogP contribution in [0.5, 0.6) is 0 Å². The molecule has 3 rings (SSSR count). The highest BCUT2D eigenvalue weighted by Gasteiger charge is 2.39. The molecule has 2 bridgehead atoms. The summed E-state index contributed by atoms with van der Waals surface area (Å²) in [7, 11) is -3.54. The first-order valence-corrected chi connectivity index (χ1v) is 10.9. The van der Waals surface area contributed by atoms with Crippen LogP contribution in [0.4, 0.5) is 0 Å². The van der Waals surface area contributed by atoms with Crippen molar-refractivity contribution in [3.05, 3.63) is 29.8 Å². The zero-order valence-electron chi connectivity index (χ0n) is 15.4. The van der Waals surface area contributed by atoms with Crippen molar-refractivity contribution in [2.45, 2.75) is 69.0 Å². The van der Waals surface area contributed by atoms with Gasteiger partial charge in [0, 0.05) is 23.7 Å². The van der Waals surface area contributed by atoms with E-state index in [-0.39, 0.29) is 28.9 Å². The molecular formula is C19H29N3O3S. The number of fused-ring (bicyclic) bond motifs is 2. The fraction of sp³-hybridized carbons (Fsp3) is 0.632. The lowest BCUT2D eigenvalue weighted by atomic mass is 9.67. The topological polar surface area (TPSA) is 101 Å². The number of carbonyl (C=O) groups excluding carboxylic acids is 1. The number of nitrogens with one attached hydrogen (secondary N) is 2. The van der Waals surface area contributed by atoms with E-state index in [0.717, 1.165) is 25.7 Å². The SMILES string of the molecule is CC(C)NS(=O)(=O)c1ccc(C(=O)NC2C3CCCC2CC(N)C3)cc1. The number of nitrogens with two attached hydrogens (primary N) is 1. The fourth-order valence-corrected chi connectivity index (χ4v) is 5.67. The molecule has 1 aromatic carbocycles. The van der Waals surface area contributed by atoms with Gasteiger partial charge in [0.15, 0.2) is 0 Å². The normalized spacial score (nSPS) is 28.8. The third-order valence-corrected chi connectivity index (χ3v) is 7.17. The third-order valence-electron chi connectivity index (χ3n) is 5.49. The lowest BCUT2D eigenvalue weighted by molar-refractivity contribution is 0.0756. The molecule has 2 unspecified atom stereocenters. The van der Waals surface area contributed by atoms with Crippen molar-refractivity contribution in [1.82, 2.24) is 10.0 Å². The number of benzene rings is 1. The van der Waals surface area contributed by atoms with Crippen molar-refractivity contribution in [2.24, 2.45) is 17.6 Å². The van der Waals surface area contributed by atoms with Gasteiger partial charge < -0.3 is 11.1 Å². The second-order valence-corrected chi connectivity index (χ2v) is 9.70. The monoisotopic (exact) mass is 379 g/mol. The van der Waals surface area contributed by atoms with Crippen LogP contribution in [0.2, 0.25) is 0 Å². The maximum absolute atomic E-state index is 12.7. The molecule has 2 aliphatic rings. The van der Waals surface area contributed by atoms with Crippen molar-refractivity contribution in [3.8, 4) is 0 Å². The minimum atomic E-state index is -3.54. The highest BCUT2D eigenvalue weighted by atomic mass is 32.2. The summed E-state index contributed by atoms with van der Waals surface area (Å²) in [6.45, 7) is 3.54. The molecule has 2 saturated carbocycles. The van der Waals surface area contributed by atoms with Crippen molar-refractivity contribution in [1.29, 1.82) is 0 Å². The molecule has 7 heteroatoms. The quantitative estimate of drug-likeness (QED) is 0.728. The Morgan fingerprint density at radius 3 is 2.23 bits per heavy atom. The Bertz CT molecular complexity index is 732. The van der Waals surface area contributed by atoms with E-state index in [1.165, 1.54) is 18.6 Å². The smallest absolute Gasteiger partial charge is 0.251 e. The van der Waals surface area contributed by atoms with E-state index >= 15 is 0 Å². The maximum Gasteiger partial charge on any atom is 0.251 e. The molecule has 6 nitrogen and oxygen atoms in total. The number of hydrogen-bond acceptors (Lipinski definition) is 4. The van der Waals surface area contributed by atoms with Gasteiger partial charge in [-0.05, 0) is 75.6 Å². The van der Waals surface area contributed by atoms with Crippen LogP contribution in [0.25, 0.3) is 0 Å². The summed E-state index contributed by atoms with van der Waals surface area (Å²) in [4.78, 5) is 12.8. The van der Waals surface area contributed by atoms with Crippen molar-refractivity contribution in [3.63, 3.8) is 0 Å². The summed E-state index contributed by atoms with van der Waals surface area (Å²) in [6.07, 6.45) is 5.39. The molecule has 0 aromatic heterocycles. The molecule has 0 aliphatic heterocycles. The summed E-state index contributed by atoms with van der Waals surface area (Å²) in [6, 6.07) is 6.37. The van der Waals surface area contributed by atoms with Gasteiger partial charge in [-0.25, -0.2) is 13.1 Å². The van der Waals surface area contributed by atoms with E-state index in [9.17, 15) is 13.2 Å². The van der Waals surface area contributed by atoms with Gasteiger partial charge in [0.05, 0.1) is 4.90 Å². The van der Waals surface area contributed by atoms with Crippen molar-refractivity contribution in [2.75, 3.05) is 0 Å². The van der Waals surface area contributed by atoms with Crippen LogP contribution in [0.1, 0.15) is 56.3 Å². The van der Waals surface area contributed by atoms with Crippen LogP contribution in [0.3, 0.4) is 0 Å². The largest absolute Gasteiger partial charge is 0.349 e. The van der Waals surface area contributed by atoms with Gasteiger partial charge in [0.1, 0.15) is 0 Å². The lowest BCUT2D eigenvalue weighted by Gasteiger charge is -2.45. The summed E-state index contributed by atoms with van der Waals surface area (Å²) in [5.74, 6) is 0.774. The first kappa shape index (κ1) is 19.3. The van der Waals surface area contributed by atoms with Crippen molar-refractivity contribution < 1.29 is 13.2 Å². The molecule has 1 aromatic rings. The Hall–Kier alpha value is -1.44. The first-order valence-electron chi connectivity index (χ1n) is 9.45. The number of sulfonamides is 1. The van der Waals surface area contributed by atoms with Crippen LogP contribution in [0.15, 0.2) is 29.2 Å². The van der Waals surface area contributed by atoms with Crippen LogP contribution in [0, 0.1) is 11.8 Å². The number of rotatable bonds is 5. The molecule has 0 spiro atoms. The zero-order valence-corrected chi connectivity index (χ0v) is 16.3. The molecule has 4 N–H and O–H groups in total. The van der Waals surface area contributed by atoms with E-state index in [4.69, 9.17) is 5.73 Å². The zero-order chi connectivity index (χ0) is 18.9. The number of hydrogen-bond donors (Lipinski definition) is 3. The van der Waals surface area contributed by atoms with E-state index in [1.54, 1.807) is 26.0 Å². The molecule has 2 aliphatic carbocycles. The standard InChI is InChI=1S/C19H29N3O3S/c1-12(2)22-26(24,25)17-8-6-13(7-9-17)19(23)21-18-14-4-3-5-15(18)11-16(20)10-14/h6-9,12,14-16,18,22H,3-5,10-11,20H2,1-2H3,(H,21,23). The Morgan fingerprint density at radius 2 is 1.69 bits per heavy atom. The van der Waals surface area contributed by atoms with Gasteiger partial charge in [-0.3, -0.25) is 4.79 Å². The molecule has 2 fully saturated rings. The maximum atomic E-state index is 12.7. The highest BCUT2D eigenvalue weighted by Crippen LogP contribution is 2.39. The molecule has 2 atom stereocenters. The van der Waals surface area contributed by atoms with Crippen LogP contribution >= 0.6 is 0 Å². The van der Waals surface area contributed by atoms with E-state index < -0.39 is 10.0 Å². The van der Waals surface area contributed by atoms with E-state index in [1.807, 2.05) is 0 Å². The second kappa shape index (κ2) is 7.66. The molecule has 1 amide bonds. The van der Waals surface area contributed by atoms with Gasteiger partial charge in [-0.15, -0.1) is 0 Å². The molecule has 0 saturated heterocycles. The van der Waals surface area contributed by atoms with Crippen LogP contribution < -0.4 is 15.8 Å². The molecule has 0 radical (unpaired) electrons. The van der Waals surface area contributed by atoms with Gasteiger partial charge in [-0.1, -0.05) is 6.42 Å². The van der Waals surface area contributed by atoms with Crippen molar-refractivity contribution >= 4 is 15.9 Å².